The van der Waals surface area contributed by atoms with Crippen LogP contribution in [0.1, 0.15) is 20.3 Å². The van der Waals surface area contributed by atoms with Crippen molar-refractivity contribution in [1.29, 1.82) is 0 Å². The molecule has 0 aliphatic rings. The number of aromatic nitrogens is 4. The molecule has 2 heterocycles. The van der Waals surface area contributed by atoms with Crippen molar-refractivity contribution in [3.8, 4) is 0 Å². The summed E-state index contributed by atoms with van der Waals surface area (Å²) >= 11 is 1.98. The van der Waals surface area contributed by atoms with Crippen molar-refractivity contribution in [2.75, 3.05) is 23.5 Å². The monoisotopic (exact) mass is 265 g/mol. The second-order valence-electron chi connectivity index (χ2n) is 4.28. The average molecular weight is 265 g/mol. The van der Waals surface area contributed by atoms with Gasteiger partial charge in [0.2, 0.25) is 0 Å². The first-order chi connectivity index (χ1) is 8.74. The number of anilines is 1. The molecule has 0 bridgehead atoms. The molecule has 6 heteroatoms. The number of thioether (sulfide) groups is 1. The fourth-order valence-electron chi connectivity index (χ4n) is 1.83. The summed E-state index contributed by atoms with van der Waals surface area (Å²) in [5, 5.41) is 7.88. The number of hydrogen-bond donors (Lipinski definition) is 1. The van der Waals surface area contributed by atoms with E-state index in [-0.39, 0.29) is 0 Å². The van der Waals surface area contributed by atoms with Crippen LogP contribution in [-0.2, 0) is 0 Å². The van der Waals surface area contributed by atoms with Crippen molar-refractivity contribution in [2.24, 2.45) is 0 Å². The number of rotatable bonds is 6. The highest BCUT2D eigenvalue weighted by Crippen LogP contribution is 2.22. The maximum absolute atomic E-state index is 4.38. The molecule has 1 atom stereocenters. The van der Waals surface area contributed by atoms with E-state index in [0.29, 0.717) is 6.04 Å². The van der Waals surface area contributed by atoms with Gasteiger partial charge in [-0.05, 0) is 24.9 Å². The molecular formula is C12H19N5S. The zero-order chi connectivity index (χ0) is 13.0. The van der Waals surface area contributed by atoms with Crippen molar-refractivity contribution < 1.29 is 0 Å². The molecule has 0 amide bonds. The molecule has 18 heavy (non-hydrogen) atoms. The average Bonchev–Trinajstić information content (AvgIpc) is 2.86. The third-order valence-electron chi connectivity index (χ3n) is 3.11. The minimum atomic E-state index is 0.456. The van der Waals surface area contributed by atoms with Crippen molar-refractivity contribution in [3.05, 3.63) is 12.5 Å². The first-order valence-corrected chi connectivity index (χ1v) is 7.34. The van der Waals surface area contributed by atoms with Crippen LogP contribution >= 0.6 is 11.8 Å². The smallest absolute Gasteiger partial charge is 0.160 e. The lowest BCUT2D eigenvalue weighted by atomic mass is 10.2. The predicted octanol–water partition coefficient (Wildman–Crippen LogP) is 2.32. The lowest BCUT2D eigenvalue weighted by molar-refractivity contribution is 0.663. The molecule has 0 fully saturated rings. The fraction of sp³-hybridized carbons (Fsp3) is 0.583. The van der Waals surface area contributed by atoms with Gasteiger partial charge >= 0.3 is 0 Å². The minimum Gasteiger partial charge on any atom is -0.356 e. The highest BCUT2D eigenvalue weighted by atomic mass is 32.2. The van der Waals surface area contributed by atoms with Crippen LogP contribution < -0.4 is 4.90 Å². The van der Waals surface area contributed by atoms with Gasteiger partial charge < -0.3 is 4.90 Å². The number of fused-ring (bicyclic) bond motifs is 1. The fourth-order valence-corrected chi connectivity index (χ4v) is 2.63. The molecule has 5 nitrogen and oxygen atoms in total. The van der Waals surface area contributed by atoms with Crippen LogP contribution in [0.4, 0.5) is 5.82 Å². The molecule has 0 saturated carbocycles. The van der Waals surface area contributed by atoms with Gasteiger partial charge in [-0.25, -0.2) is 9.97 Å². The van der Waals surface area contributed by atoms with E-state index in [0.717, 1.165) is 23.3 Å². The van der Waals surface area contributed by atoms with Crippen LogP contribution in [-0.4, -0.2) is 44.8 Å². The Hall–Kier alpha value is -1.30. The first-order valence-electron chi connectivity index (χ1n) is 6.18. The molecule has 0 aromatic carbocycles. The van der Waals surface area contributed by atoms with Crippen LogP contribution in [0.2, 0.25) is 0 Å². The zero-order valence-electron chi connectivity index (χ0n) is 11.1. The lowest BCUT2D eigenvalue weighted by Crippen LogP contribution is -2.30. The largest absolute Gasteiger partial charge is 0.356 e. The number of nitrogens with zero attached hydrogens (tertiary/aromatic N) is 4. The maximum atomic E-state index is 4.38. The van der Waals surface area contributed by atoms with Crippen LogP contribution in [0.25, 0.3) is 11.0 Å². The standard InChI is InChI=1S/C12H19N5S/c1-4-18-6-5-9(2)17(3)12-10-7-15-16-11(10)13-8-14-12/h7-9H,4-6H2,1-3H3,(H,13,14,15,16)/t9-/m1/s1. The Labute approximate surface area is 111 Å². The molecule has 0 unspecified atom stereocenters. The van der Waals surface area contributed by atoms with Gasteiger partial charge in [0.1, 0.15) is 12.1 Å². The van der Waals surface area contributed by atoms with E-state index < -0.39 is 0 Å². The summed E-state index contributed by atoms with van der Waals surface area (Å²) in [4.78, 5) is 10.7. The highest BCUT2D eigenvalue weighted by molar-refractivity contribution is 7.99. The molecule has 0 saturated heterocycles. The normalized spacial score (nSPS) is 12.8. The Morgan fingerprint density at radius 2 is 2.28 bits per heavy atom. The number of aromatic amines is 1. The van der Waals surface area contributed by atoms with E-state index in [1.165, 1.54) is 11.5 Å². The van der Waals surface area contributed by atoms with Gasteiger partial charge in [-0.3, -0.25) is 5.10 Å². The minimum absolute atomic E-state index is 0.456. The molecule has 0 aliphatic carbocycles. The molecule has 0 radical (unpaired) electrons. The van der Waals surface area contributed by atoms with Crippen LogP contribution in [0.3, 0.4) is 0 Å². The van der Waals surface area contributed by atoms with Gasteiger partial charge in [0.05, 0.1) is 11.6 Å². The molecule has 0 aliphatic heterocycles. The molecule has 2 aromatic rings. The Bertz CT molecular complexity index is 498. The van der Waals surface area contributed by atoms with E-state index >= 15 is 0 Å². The SMILES string of the molecule is CCSCC[C@@H](C)N(C)c1ncnc2[nH]ncc12. The summed E-state index contributed by atoms with van der Waals surface area (Å²) in [5.74, 6) is 3.31. The first kappa shape index (κ1) is 13.1. The molecule has 2 rings (SSSR count). The van der Waals surface area contributed by atoms with E-state index in [9.17, 15) is 0 Å². The molecule has 2 aromatic heterocycles. The quantitative estimate of drug-likeness (QED) is 0.812. The van der Waals surface area contributed by atoms with Gasteiger partial charge in [-0.15, -0.1) is 0 Å². The van der Waals surface area contributed by atoms with Crippen molar-refractivity contribution in [2.45, 2.75) is 26.3 Å². The Morgan fingerprint density at radius 1 is 1.44 bits per heavy atom. The topological polar surface area (TPSA) is 57.7 Å². The highest BCUT2D eigenvalue weighted by Gasteiger charge is 2.15. The molecule has 0 spiro atoms. The van der Waals surface area contributed by atoms with E-state index in [4.69, 9.17) is 0 Å². The Kier molecular flexibility index (Phi) is 4.41. The van der Waals surface area contributed by atoms with Gasteiger partial charge in [-0.1, -0.05) is 6.92 Å². The van der Waals surface area contributed by atoms with E-state index in [1.807, 2.05) is 11.8 Å². The van der Waals surface area contributed by atoms with Gasteiger partial charge in [0.15, 0.2) is 5.65 Å². The second-order valence-corrected chi connectivity index (χ2v) is 5.67. The Morgan fingerprint density at radius 3 is 3.06 bits per heavy atom. The van der Waals surface area contributed by atoms with E-state index in [1.54, 1.807) is 12.5 Å². The zero-order valence-corrected chi connectivity index (χ0v) is 11.9. The second kappa shape index (κ2) is 6.04. The summed E-state index contributed by atoms with van der Waals surface area (Å²) in [6.07, 6.45) is 4.52. The summed E-state index contributed by atoms with van der Waals surface area (Å²) in [6.45, 7) is 4.42. The number of H-pyrrole nitrogens is 1. The number of hydrogen-bond acceptors (Lipinski definition) is 5. The molecule has 98 valence electrons. The maximum Gasteiger partial charge on any atom is 0.160 e. The van der Waals surface area contributed by atoms with Crippen molar-refractivity contribution in [3.63, 3.8) is 0 Å². The molecule has 1 N–H and O–H groups in total. The third-order valence-corrected chi connectivity index (χ3v) is 4.04. The lowest BCUT2D eigenvalue weighted by Gasteiger charge is -2.26. The summed E-state index contributed by atoms with van der Waals surface area (Å²) < 4.78 is 0. The van der Waals surface area contributed by atoms with Gasteiger partial charge in [0.25, 0.3) is 0 Å². The predicted molar refractivity (Wildman–Crippen MR) is 77.2 cm³/mol. The van der Waals surface area contributed by atoms with Crippen molar-refractivity contribution in [1.82, 2.24) is 20.2 Å². The van der Waals surface area contributed by atoms with Crippen LogP contribution in [0.15, 0.2) is 12.5 Å². The summed E-state index contributed by atoms with van der Waals surface area (Å²) in [5.41, 5.74) is 0.794. The summed E-state index contributed by atoms with van der Waals surface area (Å²) in [6, 6.07) is 0.456. The van der Waals surface area contributed by atoms with Gasteiger partial charge in [0, 0.05) is 13.1 Å². The van der Waals surface area contributed by atoms with Crippen LogP contribution in [0.5, 0.6) is 0 Å². The van der Waals surface area contributed by atoms with Gasteiger partial charge in [-0.2, -0.15) is 16.9 Å². The summed E-state index contributed by atoms with van der Waals surface area (Å²) in [7, 11) is 2.08. The van der Waals surface area contributed by atoms with Crippen LogP contribution in [0, 0.1) is 0 Å². The Balaban J connectivity index is 2.12. The molecular weight excluding hydrogens is 246 g/mol. The van der Waals surface area contributed by atoms with E-state index in [2.05, 4.69) is 46.0 Å². The number of nitrogens with one attached hydrogen (secondary N) is 1. The van der Waals surface area contributed by atoms with Crippen molar-refractivity contribution >= 4 is 28.6 Å². The third kappa shape index (κ3) is 2.75.